The van der Waals surface area contributed by atoms with E-state index >= 15 is 0 Å². The number of aromatic nitrogens is 2. The molecule has 3 aliphatic heterocycles. The lowest BCUT2D eigenvalue weighted by atomic mass is 9.88. The van der Waals surface area contributed by atoms with Gasteiger partial charge < -0.3 is 9.64 Å². The van der Waals surface area contributed by atoms with E-state index in [4.69, 9.17) is 4.74 Å². The average Bonchev–Trinajstić information content (AvgIpc) is 3.28. The predicted molar refractivity (Wildman–Crippen MR) is 135 cm³/mol. The SMILES string of the molecule is CCCc1cnc(N2CCC(C3Cc4cc(C5=CCN(S(C)(=O)=O)CC5)ccc4O3)CC2)nc1. The largest absolute Gasteiger partial charge is 0.490 e. The summed E-state index contributed by atoms with van der Waals surface area (Å²) in [6.45, 7) is 5.09. The highest BCUT2D eigenvalue weighted by Gasteiger charge is 2.33. The van der Waals surface area contributed by atoms with E-state index in [2.05, 4.69) is 40.0 Å². The number of benzene rings is 1. The van der Waals surface area contributed by atoms with Crippen molar-refractivity contribution in [2.24, 2.45) is 5.92 Å². The molecule has 1 unspecified atom stereocenters. The fourth-order valence-electron chi connectivity index (χ4n) is 5.35. The molecule has 182 valence electrons. The Morgan fingerprint density at radius 1 is 1.12 bits per heavy atom. The van der Waals surface area contributed by atoms with Crippen LogP contribution in [-0.2, 0) is 22.9 Å². The van der Waals surface area contributed by atoms with Gasteiger partial charge in [-0.05, 0) is 66.0 Å². The Hall–Kier alpha value is -2.45. The molecule has 0 amide bonds. The highest BCUT2D eigenvalue weighted by Crippen LogP contribution is 2.37. The minimum Gasteiger partial charge on any atom is -0.490 e. The number of rotatable bonds is 6. The van der Waals surface area contributed by atoms with E-state index in [-0.39, 0.29) is 6.10 Å². The van der Waals surface area contributed by atoms with Gasteiger partial charge in [-0.15, -0.1) is 0 Å². The first-order valence-electron chi connectivity index (χ1n) is 12.4. The van der Waals surface area contributed by atoms with Crippen molar-refractivity contribution in [3.8, 4) is 5.75 Å². The van der Waals surface area contributed by atoms with E-state index in [0.717, 1.165) is 63.3 Å². The second-order valence-electron chi connectivity index (χ2n) is 9.75. The van der Waals surface area contributed by atoms with Crippen LogP contribution in [0.15, 0.2) is 36.7 Å². The van der Waals surface area contributed by atoms with E-state index in [1.165, 1.54) is 32.8 Å². The summed E-state index contributed by atoms with van der Waals surface area (Å²) in [5, 5.41) is 0. The van der Waals surface area contributed by atoms with Gasteiger partial charge in [0.2, 0.25) is 16.0 Å². The standard InChI is InChI=1S/C26H34N4O3S/c1-3-4-19-17-27-26(28-18-19)29-11-7-21(8-12-29)25-16-23-15-22(5-6-24(23)33-25)20-9-13-30(14-10-20)34(2,31)32/h5-6,9,15,17-18,21,25H,3-4,7-8,10-14,16H2,1-2H3. The van der Waals surface area contributed by atoms with Crippen molar-refractivity contribution < 1.29 is 13.2 Å². The topological polar surface area (TPSA) is 75.6 Å². The quantitative estimate of drug-likeness (QED) is 0.625. The van der Waals surface area contributed by atoms with Crippen molar-refractivity contribution in [2.75, 3.05) is 37.3 Å². The zero-order valence-corrected chi connectivity index (χ0v) is 20.9. The van der Waals surface area contributed by atoms with Crippen molar-refractivity contribution in [1.29, 1.82) is 0 Å². The number of fused-ring (bicyclic) bond motifs is 1. The maximum atomic E-state index is 11.8. The fraction of sp³-hybridized carbons (Fsp3) is 0.538. The second kappa shape index (κ2) is 9.66. The summed E-state index contributed by atoms with van der Waals surface area (Å²) < 4.78 is 31.5. The Kier molecular flexibility index (Phi) is 6.62. The zero-order chi connectivity index (χ0) is 23.7. The predicted octanol–water partition coefficient (Wildman–Crippen LogP) is 3.70. The molecule has 0 radical (unpaired) electrons. The van der Waals surface area contributed by atoms with Crippen LogP contribution >= 0.6 is 0 Å². The molecule has 0 spiro atoms. The molecule has 0 saturated carbocycles. The zero-order valence-electron chi connectivity index (χ0n) is 20.1. The Morgan fingerprint density at radius 2 is 1.88 bits per heavy atom. The summed E-state index contributed by atoms with van der Waals surface area (Å²) in [4.78, 5) is 11.5. The molecule has 1 aromatic carbocycles. The van der Waals surface area contributed by atoms with Crippen LogP contribution in [-0.4, -0.2) is 61.2 Å². The van der Waals surface area contributed by atoms with Crippen molar-refractivity contribution in [3.63, 3.8) is 0 Å². The molecule has 0 bridgehead atoms. The number of aryl methyl sites for hydroxylation is 1. The van der Waals surface area contributed by atoms with Gasteiger partial charge in [-0.25, -0.2) is 18.4 Å². The molecule has 0 N–H and O–H groups in total. The number of ether oxygens (including phenoxy) is 1. The van der Waals surface area contributed by atoms with Gasteiger partial charge in [0.1, 0.15) is 11.9 Å². The molecule has 3 aliphatic rings. The first kappa shape index (κ1) is 23.3. The summed E-state index contributed by atoms with van der Waals surface area (Å²) in [6, 6.07) is 6.46. The number of sulfonamides is 1. The van der Waals surface area contributed by atoms with Crippen LogP contribution in [0.25, 0.3) is 5.57 Å². The molecule has 1 saturated heterocycles. The van der Waals surface area contributed by atoms with Crippen LogP contribution in [0.5, 0.6) is 5.75 Å². The average molecular weight is 483 g/mol. The monoisotopic (exact) mass is 482 g/mol. The highest BCUT2D eigenvalue weighted by molar-refractivity contribution is 7.88. The third kappa shape index (κ3) is 4.98. The van der Waals surface area contributed by atoms with Crippen molar-refractivity contribution in [3.05, 3.63) is 53.4 Å². The van der Waals surface area contributed by atoms with Crippen LogP contribution in [0.1, 0.15) is 49.3 Å². The molecule has 2 aromatic rings. The van der Waals surface area contributed by atoms with Crippen LogP contribution in [0.2, 0.25) is 0 Å². The summed E-state index contributed by atoms with van der Waals surface area (Å²) >= 11 is 0. The normalized spacial score (nSPS) is 21.8. The lowest BCUT2D eigenvalue weighted by Gasteiger charge is -2.34. The maximum Gasteiger partial charge on any atom is 0.225 e. The number of hydrogen-bond donors (Lipinski definition) is 0. The van der Waals surface area contributed by atoms with Crippen LogP contribution in [0, 0.1) is 5.92 Å². The Balaban J connectivity index is 1.18. The van der Waals surface area contributed by atoms with E-state index in [0.29, 0.717) is 19.0 Å². The number of piperidine rings is 1. The molecule has 4 heterocycles. The Bertz CT molecular complexity index is 1160. The molecular weight excluding hydrogens is 448 g/mol. The van der Waals surface area contributed by atoms with Crippen molar-refractivity contribution in [1.82, 2.24) is 14.3 Å². The number of nitrogens with zero attached hydrogens (tertiary/aromatic N) is 4. The molecule has 5 rings (SSSR count). The van der Waals surface area contributed by atoms with Crippen molar-refractivity contribution in [2.45, 2.75) is 51.6 Å². The maximum absolute atomic E-state index is 11.8. The summed E-state index contributed by atoms with van der Waals surface area (Å²) in [6.07, 6.45) is 13.5. The Labute approximate surface area is 202 Å². The van der Waals surface area contributed by atoms with E-state index in [1.807, 2.05) is 18.5 Å². The van der Waals surface area contributed by atoms with Crippen molar-refractivity contribution >= 4 is 21.5 Å². The van der Waals surface area contributed by atoms with Crippen LogP contribution in [0.3, 0.4) is 0 Å². The van der Waals surface area contributed by atoms with Gasteiger partial charge >= 0.3 is 0 Å². The first-order valence-corrected chi connectivity index (χ1v) is 14.3. The minimum atomic E-state index is -3.13. The van der Waals surface area contributed by atoms with E-state index in [1.54, 1.807) is 0 Å². The third-order valence-corrected chi connectivity index (χ3v) is 8.62. The fourth-order valence-corrected chi connectivity index (χ4v) is 6.12. The first-order chi connectivity index (χ1) is 16.4. The number of anilines is 1. The molecule has 1 aromatic heterocycles. The lowest BCUT2D eigenvalue weighted by molar-refractivity contribution is 0.138. The molecule has 8 heteroatoms. The lowest BCUT2D eigenvalue weighted by Crippen LogP contribution is -2.40. The minimum absolute atomic E-state index is 0.223. The molecule has 1 atom stereocenters. The molecule has 1 fully saturated rings. The van der Waals surface area contributed by atoms with Gasteiger partial charge in [-0.1, -0.05) is 25.5 Å². The van der Waals surface area contributed by atoms with Gasteiger partial charge in [0.25, 0.3) is 0 Å². The summed E-state index contributed by atoms with van der Waals surface area (Å²) in [5.74, 6) is 2.37. The Morgan fingerprint density at radius 3 is 2.53 bits per heavy atom. The van der Waals surface area contributed by atoms with Gasteiger partial charge in [0, 0.05) is 45.0 Å². The molecule has 0 aliphatic carbocycles. The van der Waals surface area contributed by atoms with Gasteiger partial charge in [0.15, 0.2) is 0 Å². The summed E-state index contributed by atoms with van der Waals surface area (Å²) in [7, 11) is -3.13. The number of hydrogen-bond acceptors (Lipinski definition) is 6. The summed E-state index contributed by atoms with van der Waals surface area (Å²) in [5.41, 5.74) is 4.89. The van der Waals surface area contributed by atoms with Gasteiger partial charge in [0.05, 0.1) is 6.26 Å². The smallest absolute Gasteiger partial charge is 0.225 e. The van der Waals surface area contributed by atoms with Crippen LogP contribution in [0.4, 0.5) is 5.95 Å². The second-order valence-corrected chi connectivity index (χ2v) is 11.7. The highest BCUT2D eigenvalue weighted by atomic mass is 32.2. The van der Waals surface area contributed by atoms with Crippen LogP contribution < -0.4 is 9.64 Å². The molecular formula is C26H34N4O3S. The van der Waals surface area contributed by atoms with E-state index < -0.39 is 10.0 Å². The van der Waals surface area contributed by atoms with E-state index in [9.17, 15) is 8.42 Å². The third-order valence-electron chi connectivity index (χ3n) is 7.35. The molecule has 7 nitrogen and oxygen atoms in total. The van der Waals surface area contributed by atoms with Gasteiger partial charge in [-0.3, -0.25) is 0 Å². The molecule has 34 heavy (non-hydrogen) atoms. The van der Waals surface area contributed by atoms with Gasteiger partial charge in [-0.2, -0.15) is 4.31 Å².